The number of nitrogens with one attached hydrogen (secondary N) is 1. The van der Waals surface area contributed by atoms with Crippen molar-refractivity contribution < 1.29 is 0 Å². The molecule has 1 aromatic rings. The zero-order valence-corrected chi connectivity index (χ0v) is 11.3. The average molecular weight is 241 g/mol. The largest absolute Gasteiger partial charge is 0.317 e. The number of rotatable bonds is 5. The molecule has 0 aromatic carbocycles. The maximum Gasteiger partial charge on any atom is 0.0621 e. The molecular formula is C13H21ClN2. The Morgan fingerprint density at radius 1 is 1.38 bits per heavy atom. The van der Waals surface area contributed by atoms with Gasteiger partial charge < -0.3 is 5.32 Å². The van der Waals surface area contributed by atoms with Gasteiger partial charge in [-0.05, 0) is 43.9 Å². The third-order valence-corrected chi connectivity index (χ3v) is 3.61. The van der Waals surface area contributed by atoms with Gasteiger partial charge in [-0.3, -0.25) is 4.98 Å². The molecule has 0 saturated heterocycles. The van der Waals surface area contributed by atoms with E-state index in [1.165, 1.54) is 5.56 Å². The van der Waals surface area contributed by atoms with Crippen LogP contribution in [0, 0.1) is 11.8 Å². The van der Waals surface area contributed by atoms with Crippen LogP contribution >= 0.6 is 11.6 Å². The van der Waals surface area contributed by atoms with Gasteiger partial charge in [-0.2, -0.15) is 0 Å². The third kappa shape index (κ3) is 3.46. The van der Waals surface area contributed by atoms with E-state index in [4.69, 9.17) is 11.6 Å². The topological polar surface area (TPSA) is 24.9 Å². The van der Waals surface area contributed by atoms with Gasteiger partial charge >= 0.3 is 0 Å². The normalized spacial score (nSPS) is 15.1. The Balaban J connectivity index is 2.80. The molecule has 1 aromatic heterocycles. The molecule has 0 aliphatic rings. The zero-order valence-electron chi connectivity index (χ0n) is 10.5. The lowest BCUT2D eigenvalue weighted by Crippen LogP contribution is -2.35. The molecule has 16 heavy (non-hydrogen) atoms. The monoisotopic (exact) mass is 240 g/mol. The van der Waals surface area contributed by atoms with Crippen molar-refractivity contribution in [3.63, 3.8) is 0 Å². The van der Waals surface area contributed by atoms with Crippen molar-refractivity contribution >= 4 is 11.6 Å². The van der Waals surface area contributed by atoms with Gasteiger partial charge in [-0.25, -0.2) is 0 Å². The molecule has 90 valence electrons. The molecule has 0 saturated carbocycles. The summed E-state index contributed by atoms with van der Waals surface area (Å²) in [6, 6.07) is 2.50. The minimum absolute atomic E-state index is 0.490. The van der Waals surface area contributed by atoms with Crippen LogP contribution in [0.5, 0.6) is 0 Å². The lowest BCUT2D eigenvalue weighted by atomic mass is 9.84. The first-order valence-corrected chi connectivity index (χ1v) is 6.19. The number of aromatic nitrogens is 1. The van der Waals surface area contributed by atoms with Crippen LogP contribution in [0.4, 0.5) is 0 Å². The van der Waals surface area contributed by atoms with Crippen LogP contribution < -0.4 is 5.32 Å². The summed E-state index contributed by atoms with van der Waals surface area (Å²) >= 11 is 6.14. The van der Waals surface area contributed by atoms with Crippen molar-refractivity contribution in [2.24, 2.45) is 11.8 Å². The van der Waals surface area contributed by atoms with Crippen molar-refractivity contribution in [3.8, 4) is 0 Å². The fraction of sp³-hybridized carbons (Fsp3) is 0.615. The Morgan fingerprint density at radius 3 is 2.56 bits per heavy atom. The number of nitrogens with zero attached hydrogens (tertiary/aromatic N) is 1. The van der Waals surface area contributed by atoms with E-state index in [2.05, 4.69) is 31.1 Å². The van der Waals surface area contributed by atoms with Crippen molar-refractivity contribution in [1.82, 2.24) is 10.3 Å². The predicted molar refractivity (Wildman–Crippen MR) is 69.8 cm³/mol. The summed E-state index contributed by atoms with van der Waals surface area (Å²) in [5.41, 5.74) is 1.19. The van der Waals surface area contributed by atoms with Crippen molar-refractivity contribution in [1.29, 1.82) is 0 Å². The highest BCUT2D eigenvalue weighted by Crippen LogP contribution is 2.24. The minimum Gasteiger partial charge on any atom is -0.317 e. The molecule has 1 rings (SSSR count). The first-order chi connectivity index (χ1) is 7.56. The first kappa shape index (κ1) is 13.5. The smallest absolute Gasteiger partial charge is 0.0621 e. The lowest BCUT2D eigenvalue weighted by molar-refractivity contribution is 0.300. The van der Waals surface area contributed by atoms with E-state index in [1.54, 1.807) is 6.20 Å². The van der Waals surface area contributed by atoms with E-state index in [1.807, 2.05) is 19.3 Å². The molecule has 1 heterocycles. The van der Waals surface area contributed by atoms with Crippen LogP contribution in [0.2, 0.25) is 5.02 Å². The van der Waals surface area contributed by atoms with Crippen LogP contribution in [0.15, 0.2) is 18.5 Å². The summed E-state index contributed by atoms with van der Waals surface area (Å²) < 4.78 is 0. The molecule has 3 heteroatoms. The second-order valence-corrected chi connectivity index (χ2v) is 5.06. The summed E-state index contributed by atoms with van der Waals surface area (Å²) in [4.78, 5) is 4.01. The molecule has 1 N–H and O–H groups in total. The van der Waals surface area contributed by atoms with Crippen molar-refractivity contribution in [2.75, 3.05) is 7.05 Å². The lowest BCUT2D eigenvalue weighted by Gasteiger charge is -2.27. The van der Waals surface area contributed by atoms with Gasteiger partial charge in [0, 0.05) is 18.4 Å². The van der Waals surface area contributed by atoms with Gasteiger partial charge in [0.2, 0.25) is 0 Å². The SMILES string of the molecule is CNC(C)C(Cc1ccncc1Cl)C(C)C. The molecule has 0 amide bonds. The van der Waals surface area contributed by atoms with Crippen molar-refractivity contribution in [2.45, 2.75) is 33.2 Å². The van der Waals surface area contributed by atoms with Gasteiger partial charge in [0.1, 0.15) is 0 Å². The van der Waals surface area contributed by atoms with E-state index in [-0.39, 0.29) is 0 Å². The summed E-state index contributed by atoms with van der Waals surface area (Å²) in [5.74, 6) is 1.22. The molecular weight excluding hydrogens is 220 g/mol. The van der Waals surface area contributed by atoms with Crippen LogP contribution in [-0.2, 0) is 6.42 Å². The average Bonchev–Trinajstić information content (AvgIpc) is 2.26. The summed E-state index contributed by atoms with van der Waals surface area (Å²) in [6.07, 6.45) is 4.53. The van der Waals surface area contributed by atoms with E-state index in [0.717, 1.165) is 11.4 Å². The Kier molecular flexibility index (Phi) is 5.23. The molecule has 2 nitrogen and oxygen atoms in total. The maximum atomic E-state index is 6.14. The first-order valence-electron chi connectivity index (χ1n) is 5.82. The van der Waals surface area contributed by atoms with E-state index in [0.29, 0.717) is 17.9 Å². The number of hydrogen-bond donors (Lipinski definition) is 1. The quantitative estimate of drug-likeness (QED) is 0.855. The zero-order chi connectivity index (χ0) is 12.1. The molecule has 0 aliphatic carbocycles. The Labute approximate surface area is 103 Å². The Hall–Kier alpha value is -0.600. The number of pyridine rings is 1. The highest BCUT2D eigenvalue weighted by Gasteiger charge is 2.20. The highest BCUT2D eigenvalue weighted by molar-refractivity contribution is 6.31. The second kappa shape index (κ2) is 6.21. The molecule has 0 bridgehead atoms. The third-order valence-electron chi connectivity index (χ3n) is 3.27. The van der Waals surface area contributed by atoms with Crippen molar-refractivity contribution in [3.05, 3.63) is 29.0 Å². The fourth-order valence-corrected chi connectivity index (χ4v) is 2.22. The maximum absolute atomic E-state index is 6.14. The van der Waals surface area contributed by atoms with Crippen LogP contribution in [-0.4, -0.2) is 18.1 Å². The molecule has 0 aliphatic heterocycles. The van der Waals surface area contributed by atoms with Crippen LogP contribution in [0.25, 0.3) is 0 Å². The van der Waals surface area contributed by atoms with Crippen LogP contribution in [0.1, 0.15) is 26.3 Å². The Bertz CT molecular complexity index is 325. The summed E-state index contributed by atoms with van der Waals surface area (Å²) in [6.45, 7) is 6.74. The standard InChI is InChI=1S/C13H21ClN2/c1-9(2)12(10(3)15-4)7-11-5-6-16-8-13(11)14/h5-6,8-10,12,15H,7H2,1-4H3. The van der Waals surface area contributed by atoms with E-state index in [9.17, 15) is 0 Å². The summed E-state index contributed by atoms with van der Waals surface area (Å²) in [7, 11) is 2.01. The number of halogens is 1. The molecule has 0 spiro atoms. The van der Waals surface area contributed by atoms with Gasteiger partial charge in [0.15, 0.2) is 0 Å². The molecule has 2 atom stereocenters. The van der Waals surface area contributed by atoms with Gasteiger partial charge in [-0.15, -0.1) is 0 Å². The molecule has 0 radical (unpaired) electrons. The predicted octanol–water partition coefficient (Wildman–Crippen LogP) is 3.16. The van der Waals surface area contributed by atoms with Gasteiger partial charge in [0.25, 0.3) is 0 Å². The van der Waals surface area contributed by atoms with Crippen LogP contribution in [0.3, 0.4) is 0 Å². The van der Waals surface area contributed by atoms with E-state index >= 15 is 0 Å². The second-order valence-electron chi connectivity index (χ2n) is 4.66. The number of hydrogen-bond acceptors (Lipinski definition) is 2. The van der Waals surface area contributed by atoms with Gasteiger partial charge in [0.05, 0.1) is 5.02 Å². The summed E-state index contributed by atoms with van der Waals surface area (Å²) in [5, 5.41) is 4.10. The fourth-order valence-electron chi connectivity index (χ4n) is 2.03. The van der Waals surface area contributed by atoms with E-state index < -0.39 is 0 Å². The molecule has 0 fully saturated rings. The highest BCUT2D eigenvalue weighted by atomic mass is 35.5. The van der Waals surface area contributed by atoms with Gasteiger partial charge in [-0.1, -0.05) is 25.4 Å². The molecule has 2 unspecified atom stereocenters. The minimum atomic E-state index is 0.490. The Morgan fingerprint density at radius 2 is 2.06 bits per heavy atom.